The van der Waals surface area contributed by atoms with Gasteiger partial charge >= 0.3 is 0 Å². The van der Waals surface area contributed by atoms with Crippen LogP contribution in [0.1, 0.15) is 40.5 Å². The molecule has 1 atom stereocenters. The first-order chi connectivity index (χ1) is 8.23. The average molecular weight is 250 g/mol. The summed E-state index contributed by atoms with van der Waals surface area (Å²) < 4.78 is 0. The van der Waals surface area contributed by atoms with Gasteiger partial charge in [-0.1, -0.05) is 33.8 Å². The van der Waals surface area contributed by atoms with Crippen molar-refractivity contribution in [1.82, 2.24) is 0 Å². The van der Waals surface area contributed by atoms with Gasteiger partial charge in [0, 0.05) is 18.8 Å². The molecule has 0 saturated heterocycles. The zero-order valence-corrected chi connectivity index (χ0v) is 11.7. The third-order valence-corrected chi connectivity index (χ3v) is 4.11. The summed E-state index contributed by atoms with van der Waals surface area (Å²) in [5.74, 6) is -1.89. The SMILES string of the molecule is C=CC(C)C1(C)CC(=O)C(C(=O)C(C)C)C(=O)C1. The summed E-state index contributed by atoms with van der Waals surface area (Å²) in [6.45, 7) is 11.1. The summed E-state index contributed by atoms with van der Waals surface area (Å²) in [6, 6.07) is 0. The van der Waals surface area contributed by atoms with Gasteiger partial charge in [0.05, 0.1) is 0 Å². The van der Waals surface area contributed by atoms with E-state index in [1.807, 2.05) is 13.8 Å². The van der Waals surface area contributed by atoms with Crippen molar-refractivity contribution in [3.8, 4) is 0 Å². The Hall–Kier alpha value is -1.25. The molecule has 100 valence electrons. The van der Waals surface area contributed by atoms with E-state index in [-0.39, 0.29) is 47.4 Å². The molecule has 0 aromatic carbocycles. The zero-order valence-electron chi connectivity index (χ0n) is 11.7. The van der Waals surface area contributed by atoms with Crippen molar-refractivity contribution in [3.63, 3.8) is 0 Å². The first-order valence-corrected chi connectivity index (χ1v) is 6.44. The van der Waals surface area contributed by atoms with Crippen LogP contribution in [0.25, 0.3) is 0 Å². The zero-order chi connectivity index (χ0) is 14.1. The van der Waals surface area contributed by atoms with E-state index in [0.29, 0.717) is 0 Å². The highest BCUT2D eigenvalue weighted by Crippen LogP contribution is 2.42. The summed E-state index contributed by atoms with van der Waals surface area (Å²) in [5.41, 5.74) is -0.385. The third-order valence-electron chi connectivity index (χ3n) is 4.11. The Bertz CT molecular complexity index is 375. The number of ketones is 3. The van der Waals surface area contributed by atoms with E-state index >= 15 is 0 Å². The minimum atomic E-state index is -1.02. The van der Waals surface area contributed by atoms with E-state index < -0.39 is 5.92 Å². The number of Topliss-reactive ketones (excluding diaryl/α,β-unsaturated/α-hetero) is 3. The average Bonchev–Trinajstić information content (AvgIpc) is 2.26. The molecule has 1 aliphatic rings. The fraction of sp³-hybridized carbons (Fsp3) is 0.667. The number of carbonyl (C=O) groups excluding carboxylic acids is 3. The van der Waals surface area contributed by atoms with Crippen LogP contribution in [-0.2, 0) is 14.4 Å². The minimum absolute atomic E-state index is 0.0838. The molecule has 1 aliphatic carbocycles. The van der Waals surface area contributed by atoms with Crippen molar-refractivity contribution in [2.45, 2.75) is 40.5 Å². The van der Waals surface area contributed by atoms with Gasteiger partial charge in [-0.15, -0.1) is 6.58 Å². The maximum Gasteiger partial charge on any atom is 0.153 e. The molecule has 0 aliphatic heterocycles. The van der Waals surface area contributed by atoms with Crippen LogP contribution >= 0.6 is 0 Å². The minimum Gasteiger partial charge on any atom is -0.298 e. The van der Waals surface area contributed by atoms with Crippen molar-refractivity contribution >= 4 is 17.3 Å². The van der Waals surface area contributed by atoms with Crippen molar-refractivity contribution < 1.29 is 14.4 Å². The van der Waals surface area contributed by atoms with Crippen molar-refractivity contribution in [2.75, 3.05) is 0 Å². The van der Waals surface area contributed by atoms with Crippen molar-refractivity contribution in [1.29, 1.82) is 0 Å². The largest absolute Gasteiger partial charge is 0.298 e. The standard InChI is InChI=1S/C15H22O3/c1-6-10(4)15(5)7-11(16)13(12(17)8-15)14(18)9(2)3/h6,9-10,13H,1,7-8H2,2-5H3. The van der Waals surface area contributed by atoms with Gasteiger partial charge in [0.1, 0.15) is 5.92 Å². The van der Waals surface area contributed by atoms with Crippen molar-refractivity contribution in [3.05, 3.63) is 12.7 Å². The fourth-order valence-electron chi connectivity index (χ4n) is 2.50. The van der Waals surface area contributed by atoms with Gasteiger partial charge in [0.25, 0.3) is 0 Å². The van der Waals surface area contributed by atoms with Crippen molar-refractivity contribution in [2.24, 2.45) is 23.2 Å². The molecule has 0 aromatic heterocycles. The lowest BCUT2D eigenvalue weighted by Gasteiger charge is -2.38. The molecule has 1 saturated carbocycles. The van der Waals surface area contributed by atoms with E-state index in [2.05, 4.69) is 6.58 Å². The first kappa shape index (κ1) is 14.8. The number of hydrogen-bond acceptors (Lipinski definition) is 3. The molecule has 0 aromatic rings. The number of allylic oxidation sites excluding steroid dienone is 1. The van der Waals surface area contributed by atoms with Gasteiger partial charge in [-0.25, -0.2) is 0 Å². The summed E-state index contributed by atoms with van der Waals surface area (Å²) in [5, 5.41) is 0. The Kier molecular flexibility index (Phi) is 4.25. The maximum atomic E-state index is 12.1. The van der Waals surface area contributed by atoms with Gasteiger partial charge in [-0.05, 0) is 11.3 Å². The molecule has 18 heavy (non-hydrogen) atoms. The summed E-state index contributed by atoms with van der Waals surface area (Å²) >= 11 is 0. The molecule has 0 bridgehead atoms. The Labute approximate surface area is 109 Å². The predicted molar refractivity (Wildman–Crippen MR) is 70.1 cm³/mol. The monoisotopic (exact) mass is 250 g/mol. The first-order valence-electron chi connectivity index (χ1n) is 6.44. The molecule has 1 rings (SSSR count). The van der Waals surface area contributed by atoms with E-state index in [1.54, 1.807) is 19.9 Å². The molecular formula is C15H22O3. The lowest BCUT2D eigenvalue weighted by Crippen LogP contribution is -2.46. The number of rotatable bonds is 4. The lowest BCUT2D eigenvalue weighted by molar-refractivity contribution is -0.147. The predicted octanol–water partition coefficient (Wildman–Crippen LogP) is 2.59. The van der Waals surface area contributed by atoms with Crippen LogP contribution in [-0.4, -0.2) is 17.3 Å². The second-order valence-electron chi connectivity index (χ2n) is 5.95. The summed E-state index contributed by atoms with van der Waals surface area (Å²) in [4.78, 5) is 36.1. The fourth-order valence-corrected chi connectivity index (χ4v) is 2.50. The second-order valence-corrected chi connectivity index (χ2v) is 5.95. The van der Waals surface area contributed by atoms with Crippen LogP contribution in [0.2, 0.25) is 0 Å². The van der Waals surface area contributed by atoms with E-state index in [9.17, 15) is 14.4 Å². The highest BCUT2D eigenvalue weighted by Gasteiger charge is 2.47. The quantitative estimate of drug-likeness (QED) is 0.569. The van der Waals surface area contributed by atoms with Crippen LogP contribution in [0.3, 0.4) is 0 Å². The summed E-state index contributed by atoms with van der Waals surface area (Å²) in [6.07, 6.45) is 2.34. The van der Waals surface area contributed by atoms with Crippen LogP contribution in [0.15, 0.2) is 12.7 Å². The molecule has 0 radical (unpaired) electrons. The summed E-state index contributed by atoms with van der Waals surface area (Å²) in [7, 11) is 0. The Morgan fingerprint density at radius 2 is 1.72 bits per heavy atom. The Morgan fingerprint density at radius 3 is 2.06 bits per heavy atom. The van der Waals surface area contributed by atoms with Gasteiger partial charge in [0.15, 0.2) is 17.3 Å². The third kappa shape index (κ3) is 2.60. The Morgan fingerprint density at radius 1 is 1.28 bits per heavy atom. The van der Waals surface area contributed by atoms with Crippen LogP contribution < -0.4 is 0 Å². The van der Waals surface area contributed by atoms with E-state index in [0.717, 1.165) is 0 Å². The van der Waals surface area contributed by atoms with Gasteiger partial charge in [-0.3, -0.25) is 14.4 Å². The molecule has 0 heterocycles. The molecule has 0 amide bonds. The van der Waals surface area contributed by atoms with Crippen LogP contribution in [0.5, 0.6) is 0 Å². The Balaban J connectivity index is 2.97. The van der Waals surface area contributed by atoms with Crippen LogP contribution in [0, 0.1) is 23.2 Å². The smallest absolute Gasteiger partial charge is 0.153 e. The normalized spacial score (nSPS) is 30.4. The molecule has 0 N–H and O–H groups in total. The van der Waals surface area contributed by atoms with Gasteiger partial charge in [0.2, 0.25) is 0 Å². The van der Waals surface area contributed by atoms with Gasteiger partial charge < -0.3 is 0 Å². The maximum absolute atomic E-state index is 12.1. The molecule has 3 nitrogen and oxygen atoms in total. The highest BCUT2D eigenvalue weighted by atomic mass is 16.2. The number of carbonyl (C=O) groups is 3. The van der Waals surface area contributed by atoms with E-state index in [4.69, 9.17) is 0 Å². The molecule has 0 spiro atoms. The molecule has 1 fully saturated rings. The molecule has 1 unspecified atom stereocenters. The lowest BCUT2D eigenvalue weighted by atomic mass is 9.63. The molecule has 3 heteroatoms. The van der Waals surface area contributed by atoms with E-state index in [1.165, 1.54) is 0 Å². The highest BCUT2D eigenvalue weighted by molar-refractivity contribution is 6.21. The topological polar surface area (TPSA) is 51.2 Å². The second kappa shape index (κ2) is 5.17. The van der Waals surface area contributed by atoms with Gasteiger partial charge in [-0.2, -0.15) is 0 Å². The number of hydrogen-bond donors (Lipinski definition) is 0. The molecular weight excluding hydrogens is 228 g/mol. The van der Waals surface area contributed by atoms with Crippen LogP contribution in [0.4, 0.5) is 0 Å².